The molecule has 0 amide bonds. The van der Waals surface area contributed by atoms with Crippen molar-refractivity contribution in [2.45, 2.75) is 103 Å². The van der Waals surface area contributed by atoms with Crippen LogP contribution in [0.5, 0.6) is 0 Å². The van der Waals surface area contributed by atoms with Gasteiger partial charge >= 0.3 is 5.97 Å². The van der Waals surface area contributed by atoms with E-state index in [1.54, 1.807) is 0 Å². The summed E-state index contributed by atoms with van der Waals surface area (Å²) in [6.45, 7) is 10.2. The molecule has 0 bridgehead atoms. The maximum Gasteiger partial charge on any atom is 0.341 e. The average Bonchev–Trinajstić information content (AvgIpc) is 3.52. The molecular formula is C25H37NO3. The molecule has 0 spiro atoms. The second-order valence-corrected chi connectivity index (χ2v) is 10.6. The molecule has 0 N–H and O–H groups in total. The third-order valence-electron chi connectivity index (χ3n) is 6.79. The van der Waals surface area contributed by atoms with Crippen molar-refractivity contribution in [1.29, 1.82) is 0 Å². The first kappa shape index (κ1) is 20.8. The maximum atomic E-state index is 13.1. The lowest BCUT2D eigenvalue weighted by atomic mass is 9.79. The number of rotatable bonds is 9. The highest BCUT2D eigenvalue weighted by atomic mass is 16.8. The predicted molar refractivity (Wildman–Crippen MR) is 114 cm³/mol. The second-order valence-electron chi connectivity index (χ2n) is 10.6. The Hall–Kier alpha value is -1.42. The predicted octanol–water partition coefficient (Wildman–Crippen LogP) is 5.57. The van der Waals surface area contributed by atoms with Gasteiger partial charge in [0, 0.05) is 32.2 Å². The number of carbonyl (C=O) groups is 1. The molecule has 0 radical (unpaired) electrons. The van der Waals surface area contributed by atoms with Gasteiger partial charge in [0.05, 0.1) is 0 Å². The fourth-order valence-electron chi connectivity index (χ4n) is 4.96. The molecule has 1 aliphatic heterocycles. The van der Waals surface area contributed by atoms with Gasteiger partial charge in [0.15, 0.2) is 5.60 Å². The van der Waals surface area contributed by atoms with Crippen LogP contribution in [-0.4, -0.2) is 22.3 Å². The Labute approximate surface area is 175 Å². The van der Waals surface area contributed by atoms with Crippen molar-refractivity contribution >= 4 is 5.97 Å². The Morgan fingerprint density at radius 2 is 1.90 bits per heavy atom. The largest absolute Gasteiger partial charge is 0.431 e. The number of aromatic nitrogens is 1. The summed E-state index contributed by atoms with van der Waals surface area (Å²) in [4.78, 5) is 17.9. The van der Waals surface area contributed by atoms with Crippen molar-refractivity contribution in [3.63, 3.8) is 0 Å². The molecule has 4 rings (SSSR count). The van der Waals surface area contributed by atoms with Crippen molar-refractivity contribution in [3.05, 3.63) is 29.1 Å². The van der Waals surface area contributed by atoms with Crippen LogP contribution in [0.3, 0.4) is 0 Å². The van der Waals surface area contributed by atoms with Crippen molar-refractivity contribution < 1.29 is 14.3 Å². The molecule has 1 aromatic heterocycles. The molecule has 2 atom stereocenters. The van der Waals surface area contributed by atoms with Crippen molar-refractivity contribution in [2.75, 3.05) is 0 Å². The van der Waals surface area contributed by atoms with E-state index in [9.17, 15) is 4.79 Å². The highest BCUT2D eigenvalue weighted by Gasteiger charge is 2.57. The molecule has 1 saturated heterocycles. The molecule has 2 heterocycles. The quantitative estimate of drug-likeness (QED) is 0.509. The van der Waals surface area contributed by atoms with Gasteiger partial charge in [-0.05, 0) is 73.0 Å². The van der Waals surface area contributed by atoms with E-state index in [1.165, 1.54) is 43.2 Å². The first-order valence-corrected chi connectivity index (χ1v) is 11.6. The first-order valence-electron chi connectivity index (χ1n) is 11.6. The summed E-state index contributed by atoms with van der Waals surface area (Å²) in [5.74, 6) is 1.06. The van der Waals surface area contributed by atoms with Gasteiger partial charge < -0.3 is 9.47 Å². The highest BCUT2D eigenvalue weighted by molar-refractivity contribution is 5.82. The summed E-state index contributed by atoms with van der Waals surface area (Å²) in [7, 11) is 0. The van der Waals surface area contributed by atoms with Crippen LogP contribution in [0.4, 0.5) is 0 Å². The number of carbonyl (C=O) groups excluding carboxylic acids is 1. The van der Waals surface area contributed by atoms with Crippen LogP contribution in [0.25, 0.3) is 0 Å². The van der Waals surface area contributed by atoms with E-state index in [0.29, 0.717) is 18.3 Å². The lowest BCUT2D eigenvalue weighted by molar-refractivity contribution is -0.174. The zero-order valence-corrected chi connectivity index (χ0v) is 18.8. The molecular weight excluding hydrogens is 362 g/mol. The molecule has 3 fully saturated rings. The van der Waals surface area contributed by atoms with Gasteiger partial charge in [-0.2, -0.15) is 0 Å². The summed E-state index contributed by atoms with van der Waals surface area (Å²) < 4.78 is 12.0. The van der Waals surface area contributed by atoms with Crippen LogP contribution < -0.4 is 0 Å². The van der Waals surface area contributed by atoms with Crippen molar-refractivity contribution in [2.24, 2.45) is 17.8 Å². The van der Waals surface area contributed by atoms with Crippen LogP contribution in [0, 0.1) is 17.8 Å². The van der Waals surface area contributed by atoms with Gasteiger partial charge in [-0.25, -0.2) is 4.79 Å². The lowest BCUT2D eigenvalue weighted by Gasteiger charge is -2.33. The third-order valence-corrected chi connectivity index (χ3v) is 6.79. The minimum atomic E-state index is -0.949. The van der Waals surface area contributed by atoms with Gasteiger partial charge in [-0.15, -0.1) is 0 Å². The zero-order valence-electron chi connectivity index (χ0n) is 18.8. The average molecular weight is 400 g/mol. The van der Waals surface area contributed by atoms with E-state index in [4.69, 9.17) is 14.5 Å². The zero-order chi connectivity index (χ0) is 20.8. The lowest BCUT2D eigenvalue weighted by Crippen LogP contribution is -2.46. The Balaban J connectivity index is 1.61. The molecule has 2 aliphatic carbocycles. The minimum absolute atomic E-state index is 0.0663. The van der Waals surface area contributed by atoms with Gasteiger partial charge in [0.2, 0.25) is 5.79 Å². The van der Waals surface area contributed by atoms with E-state index < -0.39 is 11.4 Å². The molecule has 2 saturated carbocycles. The first-order chi connectivity index (χ1) is 13.7. The fraction of sp³-hybridized carbons (Fsp3) is 0.760. The fourth-order valence-corrected chi connectivity index (χ4v) is 4.96. The molecule has 4 nitrogen and oxygen atoms in total. The van der Waals surface area contributed by atoms with E-state index in [2.05, 4.69) is 33.0 Å². The number of pyridine rings is 1. The normalized spacial score (nSPS) is 27.3. The van der Waals surface area contributed by atoms with Crippen LogP contribution >= 0.6 is 0 Å². The van der Waals surface area contributed by atoms with Crippen LogP contribution in [-0.2, 0) is 27.1 Å². The second kappa shape index (κ2) is 7.68. The number of cyclic esters (lactones) is 1. The smallest absolute Gasteiger partial charge is 0.341 e. The molecule has 3 aliphatic rings. The van der Waals surface area contributed by atoms with E-state index in [0.717, 1.165) is 24.5 Å². The number of nitrogens with zero attached hydrogens (tertiary/aromatic N) is 1. The van der Waals surface area contributed by atoms with Gasteiger partial charge in [-0.1, -0.05) is 33.6 Å². The van der Waals surface area contributed by atoms with Crippen molar-refractivity contribution in [3.8, 4) is 0 Å². The number of hydrogen-bond acceptors (Lipinski definition) is 4. The van der Waals surface area contributed by atoms with Crippen LogP contribution in [0.15, 0.2) is 12.3 Å². The summed E-state index contributed by atoms with van der Waals surface area (Å²) in [6.07, 6.45) is 11.3. The van der Waals surface area contributed by atoms with E-state index >= 15 is 0 Å². The number of hydrogen-bond donors (Lipinski definition) is 0. The topological polar surface area (TPSA) is 48.4 Å². The number of aryl methyl sites for hydroxylation is 1. The monoisotopic (exact) mass is 399 g/mol. The van der Waals surface area contributed by atoms with E-state index in [1.807, 2.05) is 13.8 Å². The molecule has 160 valence electrons. The summed E-state index contributed by atoms with van der Waals surface area (Å²) in [6, 6.07) is 2.27. The minimum Gasteiger partial charge on any atom is -0.431 e. The standard InChI is InChI=1S/C25H37NO3/c1-16(2)12-17(3)25(23(27)28-24(4,5)29-25)14-21-13-20(9-8-18-6-7-18)22(15-26-21)19-10-11-19/h13,15-19H,6-12,14H2,1-5H3/t17-,25+/m0/s1. The van der Waals surface area contributed by atoms with Gasteiger partial charge in [0.1, 0.15) is 0 Å². The van der Waals surface area contributed by atoms with Crippen LogP contribution in [0.2, 0.25) is 0 Å². The highest BCUT2D eigenvalue weighted by Crippen LogP contribution is 2.45. The van der Waals surface area contributed by atoms with Crippen molar-refractivity contribution in [1.82, 2.24) is 4.98 Å². The van der Waals surface area contributed by atoms with Gasteiger partial charge in [0.25, 0.3) is 0 Å². The Morgan fingerprint density at radius 1 is 1.17 bits per heavy atom. The molecule has 4 heteroatoms. The number of ether oxygens (including phenoxy) is 2. The molecule has 29 heavy (non-hydrogen) atoms. The Bertz CT molecular complexity index is 763. The molecule has 1 aromatic rings. The molecule has 0 unspecified atom stereocenters. The molecule has 0 aromatic carbocycles. The number of esters is 1. The third kappa shape index (κ3) is 4.68. The summed E-state index contributed by atoms with van der Waals surface area (Å²) in [5, 5.41) is 0. The SMILES string of the molecule is CC(C)C[C@H](C)[C@@]1(Cc2cc(CCC3CC3)c(C3CC3)cn2)OC(C)(C)OC1=O. The summed E-state index contributed by atoms with van der Waals surface area (Å²) in [5.41, 5.74) is 2.90. The Kier molecular flexibility index (Phi) is 5.52. The van der Waals surface area contributed by atoms with Crippen LogP contribution in [0.1, 0.15) is 95.9 Å². The maximum absolute atomic E-state index is 13.1. The van der Waals surface area contributed by atoms with E-state index in [-0.39, 0.29) is 11.9 Å². The Morgan fingerprint density at radius 3 is 2.45 bits per heavy atom. The van der Waals surface area contributed by atoms with Gasteiger partial charge in [-0.3, -0.25) is 4.98 Å². The summed E-state index contributed by atoms with van der Waals surface area (Å²) >= 11 is 0.